The zero-order chi connectivity index (χ0) is 14.9. The molecule has 7 heteroatoms. The maximum absolute atomic E-state index is 5.76. The third-order valence-corrected chi connectivity index (χ3v) is 3.16. The van der Waals surface area contributed by atoms with E-state index in [1.807, 2.05) is 16.8 Å². The van der Waals surface area contributed by atoms with Gasteiger partial charge in [0.1, 0.15) is 5.15 Å². The normalized spacial score (nSPS) is 11.4. The number of nitrogens with one attached hydrogen (secondary N) is 2. The van der Waals surface area contributed by atoms with Gasteiger partial charge in [0.15, 0.2) is 5.96 Å². The third-order valence-electron chi connectivity index (χ3n) is 2.94. The van der Waals surface area contributed by atoms with E-state index in [4.69, 9.17) is 11.6 Å². The van der Waals surface area contributed by atoms with Gasteiger partial charge in [-0.2, -0.15) is 0 Å². The Balaban J connectivity index is 1.66. The first-order valence-electron chi connectivity index (χ1n) is 6.78. The molecule has 0 atom stereocenters. The topological polar surface area (TPSA) is 67.1 Å². The first-order chi connectivity index (χ1) is 10.3. The molecule has 112 valence electrons. The molecule has 6 nitrogen and oxygen atoms in total. The fourth-order valence-corrected chi connectivity index (χ4v) is 1.93. The van der Waals surface area contributed by atoms with Crippen LogP contribution in [0.1, 0.15) is 5.56 Å². The van der Waals surface area contributed by atoms with E-state index in [2.05, 4.69) is 25.6 Å². The van der Waals surface area contributed by atoms with E-state index < -0.39 is 0 Å². The van der Waals surface area contributed by atoms with E-state index >= 15 is 0 Å². The summed E-state index contributed by atoms with van der Waals surface area (Å²) in [6, 6.07) is 3.78. The molecule has 0 unspecified atom stereocenters. The lowest BCUT2D eigenvalue weighted by atomic mass is 10.2. The average molecular weight is 307 g/mol. The Labute approximate surface area is 129 Å². The number of halogens is 1. The molecule has 0 saturated carbocycles. The Kier molecular flexibility index (Phi) is 6.02. The van der Waals surface area contributed by atoms with Gasteiger partial charge in [-0.05, 0) is 18.1 Å². The van der Waals surface area contributed by atoms with Crippen LogP contribution in [-0.2, 0) is 13.0 Å². The smallest absolute Gasteiger partial charge is 0.191 e. The summed E-state index contributed by atoms with van der Waals surface area (Å²) < 4.78 is 2.01. The maximum Gasteiger partial charge on any atom is 0.191 e. The van der Waals surface area contributed by atoms with Crippen LogP contribution in [0, 0.1) is 0 Å². The molecule has 2 N–H and O–H groups in total. The highest BCUT2D eigenvalue weighted by Crippen LogP contribution is 2.05. The van der Waals surface area contributed by atoms with Gasteiger partial charge in [0, 0.05) is 45.3 Å². The number of imidazole rings is 1. The number of guanidine groups is 1. The van der Waals surface area contributed by atoms with Crippen molar-refractivity contribution in [1.29, 1.82) is 0 Å². The molecule has 0 fully saturated rings. The molecule has 2 aromatic heterocycles. The number of pyridine rings is 1. The van der Waals surface area contributed by atoms with Crippen molar-refractivity contribution >= 4 is 17.6 Å². The summed E-state index contributed by atoms with van der Waals surface area (Å²) in [4.78, 5) is 12.2. The van der Waals surface area contributed by atoms with Crippen molar-refractivity contribution in [3.63, 3.8) is 0 Å². The Morgan fingerprint density at radius 2 is 2.19 bits per heavy atom. The van der Waals surface area contributed by atoms with Crippen LogP contribution in [0.5, 0.6) is 0 Å². The number of hydrogen-bond acceptors (Lipinski definition) is 3. The van der Waals surface area contributed by atoms with Gasteiger partial charge < -0.3 is 15.2 Å². The van der Waals surface area contributed by atoms with Crippen LogP contribution in [0.2, 0.25) is 5.15 Å². The van der Waals surface area contributed by atoms with Crippen LogP contribution in [0.25, 0.3) is 0 Å². The number of hydrogen-bond donors (Lipinski definition) is 2. The SMILES string of the molecule is CN=C(NCCc1ccc(Cl)nc1)NCCn1ccnc1. The molecule has 0 aliphatic rings. The van der Waals surface area contributed by atoms with Crippen molar-refractivity contribution in [3.8, 4) is 0 Å². The van der Waals surface area contributed by atoms with Gasteiger partial charge in [-0.1, -0.05) is 17.7 Å². The minimum Gasteiger partial charge on any atom is -0.356 e. The minimum absolute atomic E-state index is 0.517. The lowest BCUT2D eigenvalue weighted by molar-refractivity contribution is 0.661. The van der Waals surface area contributed by atoms with E-state index in [9.17, 15) is 0 Å². The van der Waals surface area contributed by atoms with Gasteiger partial charge in [0.05, 0.1) is 6.33 Å². The first-order valence-corrected chi connectivity index (χ1v) is 7.16. The standard InChI is InChI=1S/C14H19ClN6/c1-16-14(19-7-9-21-8-6-17-11-21)18-5-4-12-2-3-13(15)20-10-12/h2-3,6,8,10-11H,4-5,7,9H2,1H3,(H2,16,18,19). The molecule has 0 aliphatic heterocycles. The van der Waals surface area contributed by atoms with Crippen molar-refractivity contribution in [2.75, 3.05) is 20.1 Å². The Morgan fingerprint density at radius 1 is 1.33 bits per heavy atom. The second-order valence-corrected chi connectivity index (χ2v) is 4.85. The largest absolute Gasteiger partial charge is 0.356 e. The summed E-state index contributed by atoms with van der Waals surface area (Å²) in [5.41, 5.74) is 1.14. The molecular weight excluding hydrogens is 288 g/mol. The van der Waals surface area contributed by atoms with Crippen LogP contribution in [0.15, 0.2) is 42.0 Å². The number of aliphatic imine (C=N–C) groups is 1. The molecule has 0 amide bonds. The Bertz CT molecular complexity index is 549. The number of nitrogens with zero attached hydrogens (tertiary/aromatic N) is 4. The molecule has 0 aromatic carbocycles. The second kappa shape index (κ2) is 8.26. The van der Waals surface area contributed by atoms with Crippen molar-refractivity contribution in [1.82, 2.24) is 25.2 Å². The minimum atomic E-state index is 0.517. The maximum atomic E-state index is 5.76. The number of rotatable bonds is 6. The molecular formula is C14H19ClN6. The number of aromatic nitrogens is 3. The highest BCUT2D eigenvalue weighted by atomic mass is 35.5. The van der Waals surface area contributed by atoms with Gasteiger partial charge in [-0.25, -0.2) is 9.97 Å². The van der Waals surface area contributed by atoms with Gasteiger partial charge in [0.2, 0.25) is 0 Å². The lowest BCUT2D eigenvalue weighted by Crippen LogP contribution is -2.39. The van der Waals surface area contributed by atoms with Gasteiger partial charge in [-0.3, -0.25) is 4.99 Å². The zero-order valence-electron chi connectivity index (χ0n) is 12.0. The summed E-state index contributed by atoms with van der Waals surface area (Å²) >= 11 is 5.76. The first kappa shape index (κ1) is 15.3. The summed E-state index contributed by atoms with van der Waals surface area (Å²) in [6.45, 7) is 2.42. The molecule has 0 saturated heterocycles. The van der Waals surface area contributed by atoms with E-state index in [1.165, 1.54) is 0 Å². The molecule has 2 aromatic rings. The highest BCUT2D eigenvalue weighted by molar-refractivity contribution is 6.29. The predicted molar refractivity (Wildman–Crippen MR) is 84.5 cm³/mol. The molecule has 2 heterocycles. The molecule has 0 spiro atoms. The summed E-state index contributed by atoms with van der Waals surface area (Å²) in [7, 11) is 1.76. The Morgan fingerprint density at radius 3 is 2.86 bits per heavy atom. The third kappa shape index (κ3) is 5.43. The van der Waals surface area contributed by atoms with E-state index in [0.717, 1.165) is 37.6 Å². The van der Waals surface area contributed by atoms with Crippen molar-refractivity contribution in [2.45, 2.75) is 13.0 Å². The Hall–Kier alpha value is -2.08. The summed E-state index contributed by atoms with van der Waals surface area (Å²) in [5.74, 6) is 0.789. The molecule has 0 bridgehead atoms. The molecule has 0 radical (unpaired) electrons. The van der Waals surface area contributed by atoms with Crippen molar-refractivity contribution in [3.05, 3.63) is 47.8 Å². The second-order valence-electron chi connectivity index (χ2n) is 4.47. The van der Waals surface area contributed by atoms with Gasteiger partial charge in [-0.15, -0.1) is 0 Å². The van der Waals surface area contributed by atoms with Gasteiger partial charge >= 0.3 is 0 Å². The van der Waals surface area contributed by atoms with Crippen LogP contribution in [0.4, 0.5) is 0 Å². The average Bonchev–Trinajstić information content (AvgIpc) is 3.01. The monoisotopic (exact) mass is 306 g/mol. The zero-order valence-corrected chi connectivity index (χ0v) is 12.7. The summed E-state index contributed by atoms with van der Waals surface area (Å²) in [6.07, 6.45) is 8.16. The van der Waals surface area contributed by atoms with E-state index in [0.29, 0.717) is 5.15 Å². The van der Waals surface area contributed by atoms with Crippen molar-refractivity contribution in [2.24, 2.45) is 4.99 Å². The fraction of sp³-hybridized carbons (Fsp3) is 0.357. The quantitative estimate of drug-likeness (QED) is 0.480. The van der Waals surface area contributed by atoms with Crippen LogP contribution in [-0.4, -0.2) is 40.6 Å². The van der Waals surface area contributed by atoms with Crippen LogP contribution >= 0.6 is 11.6 Å². The van der Waals surface area contributed by atoms with Crippen molar-refractivity contribution < 1.29 is 0 Å². The van der Waals surface area contributed by atoms with Crippen LogP contribution in [0.3, 0.4) is 0 Å². The highest BCUT2D eigenvalue weighted by Gasteiger charge is 1.98. The van der Waals surface area contributed by atoms with E-state index in [-0.39, 0.29) is 0 Å². The van der Waals surface area contributed by atoms with E-state index in [1.54, 1.807) is 31.8 Å². The fourth-order valence-electron chi connectivity index (χ4n) is 1.82. The molecule has 2 rings (SSSR count). The van der Waals surface area contributed by atoms with Gasteiger partial charge in [0.25, 0.3) is 0 Å². The lowest BCUT2D eigenvalue weighted by Gasteiger charge is -2.12. The van der Waals surface area contributed by atoms with Crippen LogP contribution < -0.4 is 10.6 Å². The predicted octanol–water partition coefficient (Wildman–Crippen LogP) is 1.34. The molecule has 21 heavy (non-hydrogen) atoms. The molecule has 0 aliphatic carbocycles. The summed E-state index contributed by atoms with van der Waals surface area (Å²) in [5, 5.41) is 7.04.